The lowest BCUT2D eigenvalue weighted by atomic mass is 9.63. The fourth-order valence-corrected chi connectivity index (χ4v) is 6.78. The van der Waals surface area contributed by atoms with Gasteiger partial charge in [-0.3, -0.25) is 14.4 Å². The average Bonchev–Trinajstić information content (AvgIpc) is 2.99. The van der Waals surface area contributed by atoms with Crippen LogP contribution in [0.15, 0.2) is 24.3 Å². The molecule has 4 rings (SSSR count). The number of carbonyl (C=O) groups is 3. The monoisotopic (exact) mass is 559 g/mol. The minimum Gasteiger partial charge on any atom is -0.466 e. The highest BCUT2D eigenvalue weighted by Crippen LogP contribution is 2.47. The Labute approximate surface area is 240 Å². The van der Waals surface area contributed by atoms with E-state index in [9.17, 15) is 18.8 Å². The lowest BCUT2D eigenvalue weighted by Crippen LogP contribution is -2.56. The topological polar surface area (TPSA) is 79.0 Å². The number of rotatable bonds is 8. The number of nitrogens with zero attached hydrogens (tertiary/aromatic N) is 2. The van der Waals surface area contributed by atoms with Gasteiger partial charge in [-0.05, 0) is 82.7 Å². The first kappa shape index (κ1) is 32.0. The predicted molar refractivity (Wildman–Crippen MR) is 155 cm³/mol. The number of hydrogen-bond acceptors (Lipinski definition) is 5. The second kappa shape index (κ2) is 15.5. The predicted octanol–water partition coefficient (Wildman–Crippen LogP) is 4.97. The van der Waals surface area contributed by atoms with Crippen molar-refractivity contribution in [2.24, 2.45) is 17.3 Å². The highest BCUT2D eigenvalue weighted by Gasteiger charge is 2.49. The van der Waals surface area contributed by atoms with Gasteiger partial charge in [0.2, 0.25) is 11.8 Å². The minimum atomic E-state index is -0.732. The Morgan fingerprint density at radius 2 is 1.65 bits per heavy atom. The maximum atomic E-state index is 13.8. The molecule has 2 amide bonds. The molecule has 3 fully saturated rings. The van der Waals surface area contributed by atoms with Crippen molar-refractivity contribution in [3.63, 3.8) is 0 Å². The number of nitrogens with one attached hydrogen (secondary N) is 1. The van der Waals surface area contributed by atoms with Crippen molar-refractivity contribution in [2.75, 3.05) is 39.8 Å². The third-order valence-corrected chi connectivity index (χ3v) is 9.00. The number of halogens is 1. The first-order valence-corrected chi connectivity index (χ1v) is 15.5. The van der Waals surface area contributed by atoms with Crippen LogP contribution < -0.4 is 5.32 Å². The van der Waals surface area contributed by atoms with Crippen LogP contribution in [0.25, 0.3) is 0 Å². The summed E-state index contributed by atoms with van der Waals surface area (Å²) < 4.78 is 19.1. The zero-order valence-corrected chi connectivity index (χ0v) is 25.1. The average molecular weight is 560 g/mol. The molecule has 1 aromatic carbocycles. The van der Waals surface area contributed by atoms with Gasteiger partial charge in [0.1, 0.15) is 11.9 Å². The zero-order chi connectivity index (χ0) is 29.1. The van der Waals surface area contributed by atoms with E-state index < -0.39 is 11.5 Å². The zero-order valence-electron chi connectivity index (χ0n) is 25.1. The quantitative estimate of drug-likeness (QED) is 0.455. The molecular weight excluding hydrogens is 509 g/mol. The Kier molecular flexibility index (Phi) is 12.4. The molecule has 0 unspecified atom stereocenters. The number of hydrogen-bond donors (Lipinski definition) is 1. The molecule has 1 aromatic rings. The van der Waals surface area contributed by atoms with Gasteiger partial charge < -0.3 is 19.9 Å². The van der Waals surface area contributed by atoms with Crippen LogP contribution >= 0.6 is 0 Å². The Balaban J connectivity index is 0.00000216. The smallest absolute Gasteiger partial charge is 0.312 e. The van der Waals surface area contributed by atoms with Gasteiger partial charge in [0, 0.05) is 26.1 Å². The third-order valence-electron chi connectivity index (χ3n) is 9.00. The summed E-state index contributed by atoms with van der Waals surface area (Å²) in [6, 6.07) is 5.37. The number of benzene rings is 1. The summed E-state index contributed by atoms with van der Waals surface area (Å²) >= 11 is 0. The van der Waals surface area contributed by atoms with Crippen LogP contribution in [0.4, 0.5) is 4.39 Å². The first-order chi connectivity index (χ1) is 19.3. The highest BCUT2D eigenvalue weighted by atomic mass is 19.1. The highest BCUT2D eigenvalue weighted by molar-refractivity contribution is 5.89. The number of likely N-dealkylation sites (tertiary alicyclic amines) is 2. The third kappa shape index (κ3) is 8.05. The van der Waals surface area contributed by atoms with E-state index in [0.29, 0.717) is 51.4 Å². The molecule has 8 heteroatoms. The Bertz CT molecular complexity index is 955. The van der Waals surface area contributed by atoms with Crippen molar-refractivity contribution < 1.29 is 23.5 Å². The van der Waals surface area contributed by atoms with Gasteiger partial charge >= 0.3 is 5.97 Å². The molecule has 2 atom stereocenters. The SMILES string of the molecule is CC.CCOC(=O)C1(C2CCCCC2)CCN(C(=O)[C@@H](Cc2ccc(F)cc2)NC(=O)[C@@H]2CCCN(C)C2)CC1. The Morgan fingerprint density at radius 3 is 2.25 bits per heavy atom. The van der Waals surface area contributed by atoms with Gasteiger partial charge in [-0.25, -0.2) is 4.39 Å². The molecule has 0 radical (unpaired) electrons. The van der Waals surface area contributed by atoms with E-state index >= 15 is 0 Å². The lowest BCUT2D eigenvalue weighted by Gasteiger charge is -2.46. The summed E-state index contributed by atoms with van der Waals surface area (Å²) in [4.78, 5) is 44.3. The van der Waals surface area contributed by atoms with Crippen LogP contribution in [0.3, 0.4) is 0 Å². The van der Waals surface area contributed by atoms with Crippen molar-refractivity contribution in [1.82, 2.24) is 15.1 Å². The molecule has 1 saturated carbocycles. The summed E-state index contributed by atoms with van der Waals surface area (Å²) in [6.07, 6.45) is 8.79. The maximum Gasteiger partial charge on any atom is 0.312 e. The van der Waals surface area contributed by atoms with Gasteiger partial charge in [-0.15, -0.1) is 0 Å². The Morgan fingerprint density at radius 1 is 1.00 bits per heavy atom. The number of carbonyl (C=O) groups excluding carboxylic acids is 3. The van der Waals surface area contributed by atoms with Crippen LogP contribution in [0.2, 0.25) is 0 Å². The molecule has 2 heterocycles. The summed E-state index contributed by atoms with van der Waals surface area (Å²) in [7, 11) is 2.01. The molecule has 2 saturated heterocycles. The molecule has 1 aliphatic carbocycles. The van der Waals surface area contributed by atoms with Crippen molar-refractivity contribution in [2.45, 2.75) is 91.0 Å². The molecule has 2 aliphatic heterocycles. The molecule has 3 aliphatic rings. The largest absolute Gasteiger partial charge is 0.466 e. The molecular formula is C32H50FN3O4. The molecule has 0 aromatic heterocycles. The fourth-order valence-electron chi connectivity index (χ4n) is 6.78. The van der Waals surface area contributed by atoms with Gasteiger partial charge in [0.05, 0.1) is 17.9 Å². The number of piperidine rings is 2. The molecule has 40 heavy (non-hydrogen) atoms. The lowest BCUT2D eigenvalue weighted by molar-refractivity contribution is -0.166. The summed E-state index contributed by atoms with van der Waals surface area (Å²) in [5.74, 6) is -0.534. The van der Waals surface area contributed by atoms with E-state index in [2.05, 4.69) is 10.2 Å². The van der Waals surface area contributed by atoms with Gasteiger partial charge in [-0.1, -0.05) is 45.2 Å². The van der Waals surface area contributed by atoms with Crippen molar-refractivity contribution in [1.29, 1.82) is 0 Å². The van der Waals surface area contributed by atoms with E-state index in [1.807, 2.05) is 32.7 Å². The standard InChI is InChI=1S/C30H44FN3O4.C2H6/c1-3-38-29(37)30(24-9-5-4-6-10-24)15-18-34(19-16-30)28(36)26(20-22-11-13-25(31)14-12-22)32-27(35)23-8-7-17-33(2)21-23;1-2/h11-14,23-24,26H,3-10,15-21H2,1-2H3,(H,32,35);1-2H3/t23-,26-;/m1./s1. The normalized spacial score (nSPS) is 22.4. The van der Waals surface area contributed by atoms with Crippen LogP contribution in [-0.2, 0) is 25.5 Å². The van der Waals surface area contributed by atoms with E-state index in [1.165, 1.54) is 18.6 Å². The molecule has 1 N–H and O–H groups in total. The van der Waals surface area contributed by atoms with Gasteiger partial charge in [0.15, 0.2) is 0 Å². The number of amides is 2. The van der Waals surface area contributed by atoms with Gasteiger partial charge in [0.25, 0.3) is 0 Å². The van der Waals surface area contributed by atoms with Crippen LogP contribution in [-0.4, -0.2) is 73.5 Å². The van der Waals surface area contributed by atoms with Crippen molar-refractivity contribution in [3.05, 3.63) is 35.6 Å². The molecule has 224 valence electrons. The van der Waals surface area contributed by atoms with Crippen LogP contribution in [0, 0.1) is 23.1 Å². The first-order valence-electron chi connectivity index (χ1n) is 15.5. The maximum absolute atomic E-state index is 13.8. The molecule has 0 spiro atoms. The molecule has 0 bridgehead atoms. The minimum absolute atomic E-state index is 0.0999. The summed E-state index contributed by atoms with van der Waals surface area (Å²) in [5.41, 5.74) is 0.265. The van der Waals surface area contributed by atoms with Gasteiger partial charge in [-0.2, -0.15) is 0 Å². The summed E-state index contributed by atoms with van der Waals surface area (Å²) in [5, 5.41) is 3.05. The van der Waals surface area contributed by atoms with E-state index in [0.717, 1.165) is 50.6 Å². The second-order valence-electron chi connectivity index (χ2n) is 11.5. The number of ether oxygens (including phenoxy) is 1. The van der Waals surface area contributed by atoms with Crippen molar-refractivity contribution >= 4 is 17.8 Å². The van der Waals surface area contributed by atoms with E-state index in [-0.39, 0.29) is 29.5 Å². The number of esters is 1. The van der Waals surface area contributed by atoms with E-state index in [1.54, 1.807) is 12.1 Å². The van der Waals surface area contributed by atoms with Crippen LogP contribution in [0.1, 0.15) is 84.1 Å². The fraction of sp³-hybridized carbons (Fsp3) is 0.719. The van der Waals surface area contributed by atoms with Crippen LogP contribution in [0.5, 0.6) is 0 Å². The Hall–Kier alpha value is -2.48. The second-order valence-corrected chi connectivity index (χ2v) is 11.5. The molecule has 7 nitrogen and oxygen atoms in total. The summed E-state index contributed by atoms with van der Waals surface area (Å²) in [6.45, 7) is 8.79. The van der Waals surface area contributed by atoms with E-state index in [4.69, 9.17) is 4.74 Å². The van der Waals surface area contributed by atoms with Crippen molar-refractivity contribution in [3.8, 4) is 0 Å².